The summed E-state index contributed by atoms with van der Waals surface area (Å²) >= 11 is 0. The molecule has 2 amide bonds. The summed E-state index contributed by atoms with van der Waals surface area (Å²) < 4.78 is 11.8. The summed E-state index contributed by atoms with van der Waals surface area (Å²) in [5, 5.41) is 22.0. The molecule has 3 atom stereocenters. The van der Waals surface area contributed by atoms with Crippen molar-refractivity contribution < 1.29 is 34.1 Å². The number of anilines is 1. The lowest BCUT2D eigenvalue weighted by Crippen LogP contribution is -2.49. The Balaban J connectivity index is 1.49. The van der Waals surface area contributed by atoms with Crippen molar-refractivity contribution >= 4 is 23.5 Å². The van der Waals surface area contributed by atoms with Crippen LogP contribution in [0.15, 0.2) is 42.5 Å². The summed E-state index contributed by atoms with van der Waals surface area (Å²) in [7, 11) is 1.97. The molecule has 0 radical (unpaired) electrons. The molecule has 2 heterocycles. The molecule has 2 aromatic rings. The number of morpholine rings is 1. The first-order valence-electron chi connectivity index (χ1n) is 14.5. The van der Waals surface area contributed by atoms with Crippen LogP contribution in [0.2, 0.25) is 0 Å². The molecule has 1 fully saturated rings. The molecule has 0 aliphatic carbocycles. The van der Waals surface area contributed by atoms with E-state index in [2.05, 4.69) is 15.1 Å². The van der Waals surface area contributed by atoms with Crippen molar-refractivity contribution in [2.45, 2.75) is 39.0 Å². The van der Waals surface area contributed by atoms with Gasteiger partial charge in [0.2, 0.25) is 5.91 Å². The largest absolute Gasteiger partial charge is 0.488 e. The smallest absolute Gasteiger partial charge is 0.335 e. The number of nitrogens with one attached hydrogen (secondary N) is 1. The molecule has 0 saturated carbocycles. The lowest BCUT2D eigenvalue weighted by Gasteiger charge is -2.38. The van der Waals surface area contributed by atoms with Gasteiger partial charge < -0.3 is 29.9 Å². The first kappa shape index (κ1) is 31.4. The number of rotatable bonds is 11. The number of carboxylic acids is 1. The molecule has 0 unspecified atom stereocenters. The first-order valence-corrected chi connectivity index (χ1v) is 14.5. The van der Waals surface area contributed by atoms with Crippen LogP contribution in [-0.4, -0.2) is 114 Å². The van der Waals surface area contributed by atoms with Crippen LogP contribution in [0.5, 0.6) is 5.75 Å². The predicted octanol–water partition coefficient (Wildman–Crippen LogP) is 2.40. The Bertz CT molecular complexity index is 1230. The van der Waals surface area contributed by atoms with Crippen LogP contribution in [0.1, 0.15) is 46.5 Å². The van der Waals surface area contributed by atoms with E-state index in [0.717, 1.165) is 18.7 Å². The number of amides is 2. The van der Waals surface area contributed by atoms with Gasteiger partial charge in [-0.15, -0.1) is 0 Å². The molecule has 0 spiro atoms. The fraction of sp³-hybridized carbons (Fsp3) is 0.516. The topological polar surface area (TPSA) is 132 Å². The summed E-state index contributed by atoms with van der Waals surface area (Å²) in [4.78, 5) is 43.6. The number of fused-ring (bicyclic) bond motifs is 1. The van der Waals surface area contributed by atoms with E-state index in [0.29, 0.717) is 62.8 Å². The van der Waals surface area contributed by atoms with Crippen molar-refractivity contribution in [3.8, 4) is 5.75 Å². The van der Waals surface area contributed by atoms with Crippen LogP contribution in [0.4, 0.5) is 5.69 Å². The van der Waals surface area contributed by atoms with Crippen molar-refractivity contribution in [1.29, 1.82) is 0 Å². The van der Waals surface area contributed by atoms with E-state index in [-0.39, 0.29) is 36.0 Å². The number of aromatic carboxylic acids is 1. The molecule has 42 heavy (non-hydrogen) atoms. The number of benzene rings is 2. The average molecular weight is 583 g/mol. The number of nitrogens with zero attached hydrogens (tertiary/aromatic N) is 3. The van der Waals surface area contributed by atoms with Gasteiger partial charge in [-0.1, -0.05) is 19.1 Å². The molecule has 0 bridgehead atoms. The molecule has 0 aromatic heterocycles. The van der Waals surface area contributed by atoms with Crippen LogP contribution in [-0.2, 0) is 16.1 Å². The van der Waals surface area contributed by atoms with Crippen molar-refractivity contribution in [3.05, 3.63) is 59.2 Å². The van der Waals surface area contributed by atoms with Gasteiger partial charge in [0.1, 0.15) is 11.9 Å². The molecule has 2 aromatic carbocycles. The summed E-state index contributed by atoms with van der Waals surface area (Å²) in [6, 6.07) is 11.5. The summed E-state index contributed by atoms with van der Waals surface area (Å²) in [6.45, 7) is 8.79. The van der Waals surface area contributed by atoms with Crippen molar-refractivity contribution in [2.24, 2.45) is 5.92 Å². The number of ether oxygens (including phenoxy) is 2. The predicted molar refractivity (Wildman–Crippen MR) is 158 cm³/mol. The lowest BCUT2D eigenvalue weighted by molar-refractivity contribution is -0.116. The van der Waals surface area contributed by atoms with Crippen LogP contribution in [0, 0.1) is 5.92 Å². The molecule has 2 aliphatic rings. The summed E-state index contributed by atoms with van der Waals surface area (Å²) in [5.41, 5.74) is 2.07. The third kappa shape index (κ3) is 8.28. The van der Waals surface area contributed by atoms with Crippen molar-refractivity contribution in [1.82, 2.24) is 14.7 Å². The zero-order chi connectivity index (χ0) is 30.2. The van der Waals surface area contributed by atoms with Crippen LogP contribution < -0.4 is 10.1 Å². The number of carboxylic acid groups (broad SMARTS) is 1. The van der Waals surface area contributed by atoms with Gasteiger partial charge in [0.05, 0.1) is 37.0 Å². The maximum absolute atomic E-state index is 13.7. The molecular weight excluding hydrogens is 540 g/mol. The minimum absolute atomic E-state index is 0.0486. The highest BCUT2D eigenvalue weighted by Gasteiger charge is 2.33. The maximum atomic E-state index is 13.7. The molecule has 11 nitrogen and oxygen atoms in total. The minimum atomic E-state index is -0.961. The molecule has 1 saturated heterocycles. The summed E-state index contributed by atoms with van der Waals surface area (Å²) in [5.74, 6) is -0.971. The van der Waals surface area contributed by atoms with Gasteiger partial charge in [0.25, 0.3) is 5.91 Å². The summed E-state index contributed by atoms with van der Waals surface area (Å²) in [6.07, 6.45) is 0.0580. The second kappa shape index (κ2) is 14.6. The number of hydrogen-bond acceptors (Lipinski definition) is 8. The highest BCUT2D eigenvalue weighted by molar-refractivity contribution is 6.00. The minimum Gasteiger partial charge on any atom is -0.488 e. The van der Waals surface area contributed by atoms with E-state index in [1.165, 1.54) is 0 Å². The molecule has 3 N–H and O–H groups in total. The fourth-order valence-corrected chi connectivity index (χ4v) is 5.26. The van der Waals surface area contributed by atoms with Crippen LogP contribution >= 0.6 is 0 Å². The Morgan fingerprint density at radius 1 is 1.14 bits per heavy atom. The van der Waals surface area contributed by atoms with Gasteiger partial charge >= 0.3 is 5.97 Å². The lowest BCUT2D eigenvalue weighted by atomic mass is 9.99. The zero-order valence-corrected chi connectivity index (χ0v) is 24.6. The quantitative estimate of drug-likeness (QED) is 0.365. The fourth-order valence-electron chi connectivity index (χ4n) is 5.26. The van der Waals surface area contributed by atoms with Gasteiger partial charge in [-0.3, -0.25) is 19.4 Å². The number of aliphatic hydroxyl groups excluding tert-OH is 1. The molecule has 4 rings (SSSR count). The zero-order valence-electron chi connectivity index (χ0n) is 24.6. The van der Waals surface area contributed by atoms with Crippen molar-refractivity contribution in [2.75, 3.05) is 64.9 Å². The van der Waals surface area contributed by atoms with Gasteiger partial charge in [-0.25, -0.2) is 4.79 Å². The Kier molecular flexibility index (Phi) is 10.9. The second-order valence-electron chi connectivity index (χ2n) is 11.3. The molecule has 228 valence electrons. The highest BCUT2D eigenvalue weighted by Crippen LogP contribution is 2.31. The monoisotopic (exact) mass is 582 g/mol. The van der Waals surface area contributed by atoms with Crippen LogP contribution in [0.3, 0.4) is 0 Å². The molecular formula is C31H42N4O7. The van der Waals surface area contributed by atoms with E-state index in [1.54, 1.807) is 47.4 Å². The van der Waals surface area contributed by atoms with E-state index >= 15 is 0 Å². The Morgan fingerprint density at radius 2 is 1.86 bits per heavy atom. The number of carbonyl (C=O) groups is 3. The Morgan fingerprint density at radius 3 is 2.52 bits per heavy atom. The van der Waals surface area contributed by atoms with Crippen LogP contribution in [0.25, 0.3) is 0 Å². The average Bonchev–Trinajstić information content (AvgIpc) is 2.98. The number of hydrogen-bond donors (Lipinski definition) is 3. The standard InChI is InChI=1S/C31H42N4O7/c1-21-17-35(22(2)20-36)30(38)26-16-25(32-29(37)10-11-34-12-14-41-15-13-34)8-9-27(26)42-28(21)19-33(3)18-23-4-6-24(7-5-23)31(39)40/h4-9,16,21-22,28,36H,10-15,17-20H2,1-3H3,(H,32,37)(H,39,40)/t21-,22-,28-/m1/s1. The molecule has 2 aliphatic heterocycles. The third-order valence-electron chi connectivity index (χ3n) is 7.85. The third-order valence-corrected chi connectivity index (χ3v) is 7.85. The first-order chi connectivity index (χ1) is 20.1. The van der Waals surface area contributed by atoms with E-state index in [1.807, 2.05) is 20.9 Å². The number of aliphatic hydroxyl groups is 1. The number of likely N-dealkylation sites (N-methyl/N-ethyl adjacent to an activating group) is 1. The van der Waals surface area contributed by atoms with Gasteiger partial charge in [0, 0.05) is 57.3 Å². The highest BCUT2D eigenvalue weighted by atomic mass is 16.5. The van der Waals surface area contributed by atoms with E-state index in [9.17, 15) is 19.5 Å². The van der Waals surface area contributed by atoms with E-state index < -0.39 is 12.0 Å². The molecule has 11 heteroatoms. The van der Waals surface area contributed by atoms with Crippen molar-refractivity contribution in [3.63, 3.8) is 0 Å². The number of carbonyl (C=O) groups excluding carboxylic acids is 2. The Labute approximate surface area is 247 Å². The maximum Gasteiger partial charge on any atom is 0.335 e. The van der Waals surface area contributed by atoms with E-state index in [4.69, 9.17) is 14.6 Å². The van der Waals surface area contributed by atoms with Gasteiger partial charge in [-0.05, 0) is 49.9 Å². The Hall–Kier alpha value is -3.51. The SMILES string of the molecule is C[C@@H]1CN([C@H](C)CO)C(=O)c2cc(NC(=O)CCN3CCOCC3)ccc2O[C@@H]1CN(C)Cc1ccc(C(=O)O)cc1. The van der Waals surface area contributed by atoms with Gasteiger partial charge in [0.15, 0.2) is 0 Å². The normalized spacial score (nSPS) is 20.3. The van der Waals surface area contributed by atoms with Gasteiger partial charge in [-0.2, -0.15) is 0 Å². The second-order valence-corrected chi connectivity index (χ2v) is 11.3.